The number of fused-ring (bicyclic) bond motifs is 1. The van der Waals surface area contributed by atoms with Gasteiger partial charge in [0.2, 0.25) is 0 Å². The van der Waals surface area contributed by atoms with E-state index in [2.05, 4.69) is 16.1 Å². The van der Waals surface area contributed by atoms with Gasteiger partial charge in [-0.05, 0) is 49.2 Å². The maximum absolute atomic E-state index is 12.2. The number of methoxy groups -OCH3 is 1. The van der Waals surface area contributed by atoms with Crippen molar-refractivity contribution in [3.05, 3.63) is 60.6 Å². The third-order valence-electron chi connectivity index (χ3n) is 4.78. The fraction of sp³-hybridized carbons (Fsp3) is 0.273. The molecule has 3 aromatic rings. The number of anilines is 1. The third kappa shape index (κ3) is 4.17. The molecule has 1 N–H and O–H groups in total. The van der Waals surface area contributed by atoms with Crippen molar-refractivity contribution in [2.75, 3.05) is 19.0 Å². The molecule has 0 aliphatic carbocycles. The average molecular weight is 377 g/mol. The fourth-order valence-corrected chi connectivity index (χ4v) is 3.33. The van der Waals surface area contributed by atoms with Gasteiger partial charge in [0.05, 0.1) is 12.8 Å². The summed E-state index contributed by atoms with van der Waals surface area (Å²) in [6.07, 6.45) is 5.52. The van der Waals surface area contributed by atoms with Gasteiger partial charge in [-0.2, -0.15) is 0 Å². The topological polar surface area (TPSA) is 65.4 Å². The Labute approximate surface area is 164 Å². The van der Waals surface area contributed by atoms with Crippen molar-refractivity contribution in [3.8, 4) is 22.8 Å². The summed E-state index contributed by atoms with van der Waals surface area (Å²) in [6, 6.07) is 14.9. The number of carbonyl (C=O) groups is 1. The van der Waals surface area contributed by atoms with E-state index in [4.69, 9.17) is 14.5 Å². The van der Waals surface area contributed by atoms with Crippen LogP contribution in [0.4, 0.5) is 5.69 Å². The number of ether oxygens (including phenoxy) is 2. The Balaban J connectivity index is 1.38. The van der Waals surface area contributed by atoms with Crippen molar-refractivity contribution in [2.45, 2.75) is 25.8 Å². The summed E-state index contributed by atoms with van der Waals surface area (Å²) in [6.45, 7) is 0.969. The number of rotatable bonds is 6. The summed E-state index contributed by atoms with van der Waals surface area (Å²) < 4.78 is 12.9. The van der Waals surface area contributed by atoms with E-state index in [-0.39, 0.29) is 12.5 Å². The molecule has 144 valence electrons. The minimum atomic E-state index is -0.211. The highest BCUT2D eigenvalue weighted by molar-refractivity contribution is 5.92. The second kappa shape index (κ2) is 8.17. The van der Waals surface area contributed by atoms with Crippen LogP contribution < -0.4 is 14.8 Å². The zero-order chi connectivity index (χ0) is 19.3. The minimum absolute atomic E-state index is 0.0602. The number of aryl methyl sites for hydroxylation is 2. The number of amides is 1. The Morgan fingerprint density at radius 3 is 2.75 bits per heavy atom. The minimum Gasteiger partial charge on any atom is -0.497 e. The Morgan fingerprint density at radius 2 is 1.96 bits per heavy atom. The van der Waals surface area contributed by atoms with E-state index in [0.29, 0.717) is 5.75 Å². The Bertz CT molecular complexity index is 940. The van der Waals surface area contributed by atoms with Gasteiger partial charge in [0.25, 0.3) is 5.91 Å². The largest absolute Gasteiger partial charge is 0.497 e. The van der Waals surface area contributed by atoms with Crippen LogP contribution >= 0.6 is 0 Å². The van der Waals surface area contributed by atoms with Gasteiger partial charge >= 0.3 is 0 Å². The molecule has 0 spiro atoms. The Hall–Kier alpha value is -3.28. The van der Waals surface area contributed by atoms with Crippen molar-refractivity contribution >= 4 is 11.6 Å². The maximum atomic E-state index is 12.2. The second-order valence-electron chi connectivity index (χ2n) is 6.79. The van der Waals surface area contributed by atoms with Crippen molar-refractivity contribution in [3.63, 3.8) is 0 Å². The number of aromatic nitrogens is 2. The van der Waals surface area contributed by atoms with Crippen molar-refractivity contribution in [2.24, 2.45) is 0 Å². The summed E-state index contributed by atoms with van der Waals surface area (Å²) in [5, 5.41) is 2.88. The molecule has 2 heterocycles. The van der Waals surface area contributed by atoms with Crippen LogP contribution in [-0.4, -0.2) is 29.2 Å². The molecule has 0 atom stereocenters. The van der Waals surface area contributed by atoms with Gasteiger partial charge in [-0.1, -0.05) is 12.1 Å². The number of nitrogens with zero attached hydrogens (tertiary/aromatic N) is 2. The lowest BCUT2D eigenvalue weighted by Crippen LogP contribution is -2.20. The number of hydrogen-bond acceptors (Lipinski definition) is 4. The van der Waals surface area contributed by atoms with Crippen LogP contribution in [0, 0.1) is 0 Å². The van der Waals surface area contributed by atoms with Crippen LogP contribution in [-0.2, 0) is 17.8 Å². The Morgan fingerprint density at radius 1 is 1.14 bits per heavy atom. The molecular formula is C22H23N3O3. The summed E-state index contributed by atoms with van der Waals surface area (Å²) in [4.78, 5) is 17.0. The third-order valence-corrected chi connectivity index (χ3v) is 4.78. The number of hydrogen-bond donors (Lipinski definition) is 1. The summed E-state index contributed by atoms with van der Waals surface area (Å²) in [5.41, 5.74) is 2.67. The first kappa shape index (κ1) is 18.1. The molecule has 0 saturated carbocycles. The molecular weight excluding hydrogens is 354 g/mol. The number of carbonyl (C=O) groups excluding carboxylic acids is 1. The molecule has 1 aliphatic heterocycles. The maximum Gasteiger partial charge on any atom is 0.262 e. The van der Waals surface area contributed by atoms with Crippen LogP contribution in [0.2, 0.25) is 0 Å². The zero-order valence-electron chi connectivity index (χ0n) is 15.9. The molecule has 6 heteroatoms. The highest BCUT2D eigenvalue weighted by Crippen LogP contribution is 2.25. The molecule has 28 heavy (non-hydrogen) atoms. The first-order valence-electron chi connectivity index (χ1n) is 9.44. The molecule has 0 bridgehead atoms. The van der Waals surface area contributed by atoms with Crippen LogP contribution in [0.3, 0.4) is 0 Å². The van der Waals surface area contributed by atoms with E-state index >= 15 is 0 Å². The molecule has 4 rings (SSSR count). The predicted molar refractivity (Wildman–Crippen MR) is 108 cm³/mol. The molecule has 0 radical (unpaired) electrons. The van der Waals surface area contributed by atoms with Gasteiger partial charge in [-0.25, -0.2) is 4.98 Å². The molecule has 0 fully saturated rings. The summed E-state index contributed by atoms with van der Waals surface area (Å²) in [5.74, 6) is 2.29. The molecule has 0 unspecified atom stereocenters. The van der Waals surface area contributed by atoms with Gasteiger partial charge in [-0.3, -0.25) is 4.79 Å². The number of nitrogens with one attached hydrogen (secondary N) is 1. The van der Waals surface area contributed by atoms with Gasteiger partial charge in [0, 0.05) is 30.4 Å². The molecule has 6 nitrogen and oxygen atoms in total. The van der Waals surface area contributed by atoms with Crippen LogP contribution in [0.5, 0.6) is 11.5 Å². The summed E-state index contributed by atoms with van der Waals surface area (Å²) in [7, 11) is 1.61. The van der Waals surface area contributed by atoms with Crippen molar-refractivity contribution < 1.29 is 14.3 Å². The first-order chi connectivity index (χ1) is 13.7. The molecule has 1 aromatic heterocycles. The lowest BCUT2D eigenvalue weighted by atomic mass is 10.1. The van der Waals surface area contributed by atoms with E-state index < -0.39 is 0 Å². The Kier molecular flexibility index (Phi) is 5.28. The highest BCUT2D eigenvalue weighted by Gasteiger charge is 2.13. The first-order valence-corrected chi connectivity index (χ1v) is 9.44. The average Bonchev–Trinajstić information content (AvgIpc) is 3.17. The zero-order valence-corrected chi connectivity index (χ0v) is 15.9. The van der Waals surface area contributed by atoms with Gasteiger partial charge < -0.3 is 19.4 Å². The van der Waals surface area contributed by atoms with Gasteiger partial charge in [0.15, 0.2) is 6.61 Å². The van der Waals surface area contributed by atoms with Crippen molar-refractivity contribution in [1.29, 1.82) is 0 Å². The van der Waals surface area contributed by atoms with E-state index in [1.807, 2.05) is 24.3 Å². The van der Waals surface area contributed by atoms with Gasteiger partial charge in [-0.15, -0.1) is 0 Å². The van der Waals surface area contributed by atoms with E-state index in [1.165, 1.54) is 12.8 Å². The number of benzene rings is 2. The molecule has 2 aromatic carbocycles. The van der Waals surface area contributed by atoms with Gasteiger partial charge in [0.1, 0.15) is 17.3 Å². The molecule has 1 aliphatic rings. The van der Waals surface area contributed by atoms with Crippen molar-refractivity contribution in [1.82, 2.24) is 9.55 Å². The monoisotopic (exact) mass is 377 g/mol. The SMILES string of the molecule is COc1ccc(OCC(=O)Nc2cccc(-c3cn4c(n3)CCCC4)c2)cc1. The number of imidazole rings is 1. The van der Waals surface area contributed by atoms with Crippen LogP contribution in [0.15, 0.2) is 54.7 Å². The van der Waals surface area contributed by atoms with Crippen LogP contribution in [0.1, 0.15) is 18.7 Å². The van der Waals surface area contributed by atoms with E-state index in [1.54, 1.807) is 31.4 Å². The second-order valence-corrected chi connectivity index (χ2v) is 6.79. The highest BCUT2D eigenvalue weighted by atomic mass is 16.5. The normalized spacial score (nSPS) is 12.9. The lowest BCUT2D eigenvalue weighted by Gasteiger charge is -2.11. The molecule has 1 amide bonds. The van der Waals surface area contributed by atoms with E-state index in [0.717, 1.165) is 41.5 Å². The predicted octanol–water partition coefficient (Wildman–Crippen LogP) is 3.91. The standard InChI is InChI=1S/C22H23N3O3/c1-27-18-8-10-19(11-9-18)28-15-22(26)23-17-6-4-5-16(13-17)20-14-25-12-3-2-7-21(25)24-20/h4-6,8-11,13-14H,2-3,7,12,15H2,1H3,(H,23,26). The van der Waals surface area contributed by atoms with Crippen LogP contribution in [0.25, 0.3) is 11.3 Å². The quantitative estimate of drug-likeness (QED) is 0.707. The van der Waals surface area contributed by atoms with E-state index in [9.17, 15) is 4.79 Å². The lowest BCUT2D eigenvalue weighted by molar-refractivity contribution is -0.118. The summed E-state index contributed by atoms with van der Waals surface area (Å²) >= 11 is 0. The smallest absolute Gasteiger partial charge is 0.262 e. The molecule has 0 saturated heterocycles. The fourth-order valence-electron chi connectivity index (χ4n) is 3.33.